The summed E-state index contributed by atoms with van der Waals surface area (Å²) in [6, 6.07) is 12.8. The number of carbonyl (C=O) groups is 1. The van der Waals surface area contributed by atoms with Gasteiger partial charge in [-0.3, -0.25) is 9.10 Å². The van der Waals surface area contributed by atoms with Crippen LogP contribution in [0.1, 0.15) is 6.42 Å². The van der Waals surface area contributed by atoms with Gasteiger partial charge in [0, 0.05) is 31.5 Å². The molecule has 0 aliphatic heterocycles. The molecular weight excluding hydrogens is 432 g/mol. The molecule has 0 fully saturated rings. The molecule has 0 aliphatic rings. The average Bonchev–Trinajstić information content (AvgIpc) is 3.34. The fourth-order valence-electron chi connectivity index (χ4n) is 3.11. The SMILES string of the molecule is COc1ccc(S(=O)(=O)N(CC(=O)NCCCn2ccnc2)c2ccccc2)cc1OC. The van der Waals surface area contributed by atoms with E-state index in [-0.39, 0.29) is 17.2 Å². The van der Waals surface area contributed by atoms with Crippen molar-refractivity contribution in [3.8, 4) is 11.5 Å². The number of aromatic nitrogens is 2. The van der Waals surface area contributed by atoms with Gasteiger partial charge >= 0.3 is 0 Å². The van der Waals surface area contributed by atoms with Crippen LogP contribution in [0.3, 0.4) is 0 Å². The van der Waals surface area contributed by atoms with Crippen molar-refractivity contribution in [2.24, 2.45) is 0 Å². The van der Waals surface area contributed by atoms with Gasteiger partial charge in [-0.2, -0.15) is 0 Å². The molecule has 9 nitrogen and oxygen atoms in total. The van der Waals surface area contributed by atoms with E-state index in [9.17, 15) is 13.2 Å². The van der Waals surface area contributed by atoms with E-state index >= 15 is 0 Å². The summed E-state index contributed by atoms with van der Waals surface area (Å²) >= 11 is 0. The Morgan fingerprint density at radius 1 is 1.09 bits per heavy atom. The number of amides is 1. The number of anilines is 1. The van der Waals surface area contributed by atoms with Gasteiger partial charge in [0.15, 0.2) is 11.5 Å². The quantitative estimate of drug-likeness (QED) is 0.443. The van der Waals surface area contributed by atoms with Gasteiger partial charge in [0.25, 0.3) is 10.0 Å². The molecule has 2 aromatic carbocycles. The standard InChI is InChI=1S/C22H26N4O5S/c1-30-20-10-9-19(15-21(20)31-2)32(28,29)26(18-7-4-3-5-8-18)16-22(27)24-11-6-13-25-14-12-23-17-25/h3-5,7-10,12,14-15,17H,6,11,13,16H2,1-2H3,(H,24,27). The van der Waals surface area contributed by atoms with Crippen LogP contribution in [0.2, 0.25) is 0 Å². The van der Waals surface area contributed by atoms with E-state index in [4.69, 9.17) is 9.47 Å². The highest BCUT2D eigenvalue weighted by atomic mass is 32.2. The molecule has 0 saturated carbocycles. The smallest absolute Gasteiger partial charge is 0.264 e. The largest absolute Gasteiger partial charge is 0.493 e. The normalized spacial score (nSPS) is 11.1. The second-order valence-electron chi connectivity index (χ2n) is 6.87. The Balaban J connectivity index is 1.77. The van der Waals surface area contributed by atoms with Crippen molar-refractivity contribution in [3.63, 3.8) is 0 Å². The van der Waals surface area contributed by atoms with Gasteiger partial charge in [0.05, 0.1) is 31.1 Å². The van der Waals surface area contributed by atoms with Crippen molar-refractivity contribution in [2.75, 3.05) is 31.6 Å². The highest BCUT2D eigenvalue weighted by Crippen LogP contribution is 2.32. The summed E-state index contributed by atoms with van der Waals surface area (Å²) in [7, 11) is -1.15. The van der Waals surface area contributed by atoms with E-state index in [1.165, 1.54) is 32.4 Å². The maximum absolute atomic E-state index is 13.5. The van der Waals surface area contributed by atoms with Crippen LogP contribution in [0, 0.1) is 0 Å². The maximum atomic E-state index is 13.5. The molecule has 3 aromatic rings. The average molecular weight is 459 g/mol. The van der Waals surface area contributed by atoms with E-state index in [0.29, 0.717) is 30.9 Å². The molecule has 0 atom stereocenters. The monoisotopic (exact) mass is 458 g/mol. The Bertz CT molecular complexity index is 1120. The van der Waals surface area contributed by atoms with Crippen molar-refractivity contribution in [3.05, 3.63) is 67.3 Å². The topological polar surface area (TPSA) is 103 Å². The summed E-state index contributed by atoms with van der Waals surface area (Å²) in [6.45, 7) is 0.758. The highest BCUT2D eigenvalue weighted by molar-refractivity contribution is 7.92. The number of aryl methyl sites for hydroxylation is 1. The lowest BCUT2D eigenvalue weighted by atomic mass is 10.3. The van der Waals surface area contributed by atoms with Crippen LogP contribution in [-0.4, -0.2) is 51.2 Å². The van der Waals surface area contributed by atoms with Gasteiger partial charge in [-0.15, -0.1) is 0 Å². The number of imidazole rings is 1. The highest BCUT2D eigenvalue weighted by Gasteiger charge is 2.28. The molecule has 1 aromatic heterocycles. The summed E-state index contributed by atoms with van der Waals surface area (Å²) in [4.78, 5) is 16.6. The van der Waals surface area contributed by atoms with Crippen LogP contribution in [0.15, 0.2) is 72.1 Å². The molecular formula is C22H26N4O5S. The van der Waals surface area contributed by atoms with Crippen LogP contribution in [0.5, 0.6) is 11.5 Å². The molecule has 0 saturated heterocycles. The predicted molar refractivity (Wildman–Crippen MR) is 120 cm³/mol. The molecule has 1 amide bonds. The first-order chi connectivity index (χ1) is 15.5. The van der Waals surface area contributed by atoms with E-state index in [1.54, 1.807) is 42.9 Å². The second-order valence-corrected chi connectivity index (χ2v) is 8.73. The Kier molecular flexibility index (Phi) is 7.72. The van der Waals surface area contributed by atoms with Gasteiger partial charge in [0.1, 0.15) is 6.54 Å². The number of nitrogens with zero attached hydrogens (tertiary/aromatic N) is 3. The number of hydrogen-bond acceptors (Lipinski definition) is 6. The Labute approximate surface area is 187 Å². The number of rotatable bonds is 11. The van der Waals surface area contributed by atoms with Crippen molar-refractivity contribution >= 4 is 21.6 Å². The van der Waals surface area contributed by atoms with Crippen LogP contribution in [-0.2, 0) is 21.4 Å². The van der Waals surface area contributed by atoms with Gasteiger partial charge in [0.2, 0.25) is 5.91 Å². The minimum absolute atomic E-state index is 0.00749. The lowest BCUT2D eigenvalue weighted by Crippen LogP contribution is -2.41. The minimum atomic E-state index is -4.05. The van der Waals surface area contributed by atoms with Crippen molar-refractivity contribution in [2.45, 2.75) is 17.9 Å². The summed E-state index contributed by atoms with van der Waals surface area (Å²) in [5.74, 6) is 0.294. The van der Waals surface area contributed by atoms with Crippen molar-refractivity contribution in [1.82, 2.24) is 14.9 Å². The molecule has 0 unspecified atom stereocenters. The number of para-hydroxylation sites is 1. The fraction of sp³-hybridized carbons (Fsp3) is 0.273. The van der Waals surface area contributed by atoms with E-state index < -0.39 is 15.9 Å². The molecule has 0 bridgehead atoms. The number of nitrogens with one attached hydrogen (secondary N) is 1. The zero-order chi connectivity index (χ0) is 23.0. The van der Waals surface area contributed by atoms with Gasteiger partial charge in [-0.05, 0) is 30.7 Å². The third kappa shape index (κ3) is 5.58. The number of ether oxygens (including phenoxy) is 2. The predicted octanol–water partition coefficient (Wildman–Crippen LogP) is 2.30. The maximum Gasteiger partial charge on any atom is 0.264 e. The summed E-state index contributed by atoms with van der Waals surface area (Å²) in [5, 5.41) is 2.79. The van der Waals surface area contributed by atoms with Gasteiger partial charge < -0.3 is 19.4 Å². The van der Waals surface area contributed by atoms with Crippen LogP contribution >= 0.6 is 0 Å². The van der Waals surface area contributed by atoms with Crippen LogP contribution in [0.25, 0.3) is 0 Å². The molecule has 1 N–H and O–H groups in total. The Morgan fingerprint density at radius 2 is 1.84 bits per heavy atom. The zero-order valence-corrected chi connectivity index (χ0v) is 18.8. The molecule has 170 valence electrons. The number of sulfonamides is 1. The van der Waals surface area contributed by atoms with Gasteiger partial charge in [-0.1, -0.05) is 18.2 Å². The molecule has 0 aliphatic carbocycles. The number of carbonyl (C=O) groups excluding carboxylic acids is 1. The minimum Gasteiger partial charge on any atom is -0.493 e. The van der Waals surface area contributed by atoms with Crippen molar-refractivity contribution in [1.29, 1.82) is 0 Å². The summed E-state index contributed by atoms with van der Waals surface area (Å²) in [6.07, 6.45) is 5.93. The third-order valence-corrected chi connectivity index (χ3v) is 6.52. The van der Waals surface area contributed by atoms with E-state index in [1.807, 2.05) is 10.8 Å². The van der Waals surface area contributed by atoms with Gasteiger partial charge in [-0.25, -0.2) is 13.4 Å². The Hall–Kier alpha value is -3.53. The van der Waals surface area contributed by atoms with E-state index in [0.717, 1.165) is 4.31 Å². The first-order valence-corrected chi connectivity index (χ1v) is 11.4. The fourth-order valence-corrected chi connectivity index (χ4v) is 4.55. The molecule has 10 heteroatoms. The van der Waals surface area contributed by atoms with Crippen molar-refractivity contribution < 1.29 is 22.7 Å². The summed E-state index contributed by atoms with van der Waals surface area (Å²) in [5.41, 5.74) is 0.385. The molecule has 0 spiro atoms. The lowest BCUT2D eigenvalue weighted by molar-refractivity contribution is -0.119. The van der Waals surface area contributed by atoms with Crippen LogP contribution in [0.4, 0.5) is 5.69 Å². The summed E-state index contributed by atoms with van der Waals surface area (Å²) < 4.78 is 40.3. The molecule has 3 rings (SSSR count). The second kappa shape index (κ2) is 10.7. The third-order valence-electron chi connectivity index (χ3n) is 4.75. The number of hydrogen-bond donors (Lipinski definition) is 1. The Morgan fingerprint density at radius 3 is 2.50 bits per heavy atom. The lowest BCUT2D eigenvalue weighted by Gasteiger charge is -2.24. The van der Waals surface area contributed by atoms with E-state index in [2.05, 4.69) is 10.3 Å². The molecule has 1 heterocycles. The first-order valence-electron chi connectivity index (χ1n) is 9.98. The number of methoxy groups -OCH3 is 2. The molecule has 32 heavy (non-hydrogen) atoms. The number of benzene rings is 2. The van der Waals surface area contributed by atoms with Crippen LogP contribution < -0.4 is 19.1 Å². The first kappa shape index (κ1) is 23.1. The zero-order valence-electron chi connectivity index (χ0n) is 18.0. The molecule has 0 radical (unpaired) electrons.